The van der Waals surface area contributed by atoms with Gasteiger partial charge in [0.2, 0.25) is 0 Å². The lowest BCUT2D eigenvalue weighted by Gasteiger charge is -2.20. The second-order valence-corrected chi connectivity index (χ2v) is 11.9. The number of rotatable bonds is 9. The van der Waals surface area contributed by atoms with E-state index in [2.05, 4.69) is 49.3 Å². The highest BCUT2D eigenvalue weighted by Crippen LogP contribution is 2.44. The molecule has 4 aromatic rings. The van der Waals surface area contributed by atoms with E-state index in [0.717, 1.165) is 47.5 Å². The van der Waals surface area contributed by atoms with E-state index in [4.69, 9.17) is 4.98 Å². The van der Waals surface area contributed by atoms with Crippen LogP contribution in [0.15, 0.2) is 42.7 Å². The molecule has 3 aromatic heterocycles. The molecule has 0 aliphatic carbocycles. The number of nitrogens with zero attached hydrogens (tertiary/aromatic N) is 2. The van der Waals surface area contributed by atoms with Crippen molar-refractivity contribution in [3.8, 4) is 21.7 Å². The smallest absolute Gasteiger partial charge is 0.138 e. The fourth-order valence-electron chi connectivity index (χ4n) is 4.89. The molecule has 35 heavy (non-hydrogen) atoms. The highest BCUT2D eigenvalue weighted by Gasteiger charge is 2.28. The van der Waals surface area contributed by atoms with E-state index >= 15 is 0 Å². The van der Waals surface area contributed by atoms with Crippen molar-refractivity contribution < 1.29 is 4.79 Å². The molecule has 0 amide bonds. The first-order valence-corrected chi connectivity index (χ1v) is 14.4. The van der Waals surface area contributed by atoms with Gasteiger partial charge in [0, 0.05) is 46.6 Å². The average Bonchev–Trinajstić information content (AvgIpc) is 3.45. The number of ketones is 1. The van der Waals surface area contributed by atoms with E-state index in [1.807, 2.05) is 35.9 Å². The summed E-state index contributed by atoms with van der Waals surface area (Å²) in [4.78, 5) is 24.8. The predicted octanol–water partition coefficient (Wildman–Crippen LogP) is 7.62. The zero-order valence-corrected chi connectivity index (χ0v) is 22.4. The molecule has 4 nitrogen and oxygen atoms in total. The molecule has 2 atom stereocenters. The van der Waals surface area contributed by atoms with Crippen LogP contribution >= 0.6 is 22.7 Å². The van der Waals surface area contributed by atoms with Crippen LogP contribution in [-0.2, 0) is 17.6 Å². The van der Waals surface area contributed by atoms with Crippen LogP contribution < -0.4 is 5.32 Å². The van der Waals surface area contributed by atoms with E-state index < -0.39 is 0 Å². The Morgan fingerprint density at radius 3 is 2.80 bits per heavy atom. The van der Waals surface area contributed by atoms with E-state index in [1.165, 1.54) is 32.0 Å². The fraction of sp³-hybridized carbons (Fsp3) is 0.414. The maximum Gasteiger partial charge on any atom is 0.138 e. The summed E-state index contributed by atoms with van der Waals surface area (Å²) in [7, 11) is 0. The Morgan fingerprint density at radius 1 is 1.17 bits per heavy atom. The van der Waals surface area contributed by atoms with Gasteiger partial charge in [-0.25, -0.2) is 4.98 Å². The topological polar surface area (TPSA) is 54.9 Å². The molecule has 0 fully saturated rings. The third kappa shape index (κ3) is 5.25. The molecular weight excluding hydrogens is 470 g/mol. The van der Waals surface area contributed by atoms with Crippen molar-refractivity contribution in [2.75, 3.05) is 6.54 Å². The van der Waals surface area contributed by atoms with Gasteiger partial charge in [0.25, 0.3) is 0 Å². The second kappa shape index (κ2) is 10.7. The number of Topliss-reactive ketones (excluding diaryl/α,β-unsaturated/α-hetero) is 1. The maximum absolute atomic E-state index is 13.0. The van der Waals surface area contributed by atoms with Gasteiger partial charge in [-0.15, -0.1) is 22.7 Å². The van der Waals surface area contributed by atoms with Gasteiger partial charge in [-0.1, -0.05) is 32.8 Å². The van der Waals surface area contributed by atoms with Gasteiger partial charge in [0.05, 0.1) is 10.2 Å². The molecule has 0 unspecified atom stereocenters. The van der Waals surface area contributed by atoms with Crippen molar-refractivity contribution >= 4 is 38.7 Å². The average molecular weight is 504 g/mol. The first-order chi connectivity index (χ1) is 17.0. The van der Waals surface area contributed by atoms with E-state index in [0.29, 0.717) is 30.6 Å². The molecule has 182 valence electrons. The highest BCUT2D eigenvalue weighted by atomic mass is 32.1. The minimum Gasteiger partial charge on any atom is -0.309 e. The minimum absolute atomic E-state index is 0.324. The summed E-state index contributed by atoms with van der Waals surface area (Å²) in [5.41, 5.74) is 5.95. The summed E-state index contributed by atoms with van der Waals surface area (Å²) in [6.45, 7) is 7.70. The lowest BCUT2D eigenvalue weighted by molar-refractivity contribution is -0.118. The number of carbonyl (C=O) groups excluding carboxylic acids is 1. The molecule has 1 aliphatic heterocycles. The van der Waals surface area contributed by atoms with E-state index in [1.54, 1.807) is 11.3 Å². The number of nitrogens with one attached hydrogen (secondary N) is 1. The molecule has 0 saturated heterocycles. The Labute approximate surface area is 215 Å². The molecule has 0 radical (unpaired) electrons. The molecule has 6 heteroatoms. The third-order valence-electron chi connectivity index (χ3n) is 7.15. The van der Waals surface area contributed by atoms with Crippen LogP contribution in [0.4, 0.5) is 0 Å². The number of aromatic nitrogens is 2. The summed E-state index contributed by atoms with van der Waals surface area (Å²) in [5.74, 6) is 1.05. The quantitative estimate of drug-likeness (QED) is 0.255. The molecular formula is C29H33N3OS2. The number of hydrogen-bond donors (Lipinski definition) is 1. The number of fused-ring (bicyclic) bond motifs is 2. The number of benzene rings is 1. The van der Waals surface area contributed by atoms with Crippen molar-refractivity contribution in [1.82, 2.24) is 15.3 Å². The molecule has 1 N–H and O–H groups in total. The third-order valence-corrected chi connectivity index (χ3v) is 9.62. The van der Waals surface area contributed by atoms with Gasteiger partial charge in [-0.2, -0.15) is 0 Å². The summed E-state index contributed by atoms with van der Waals surface area (Å²) < 4.78 is 1.19. The van der Waals surface area contributed by atoms with Gasteiger partial charge in [0.15, 0.2) is 0 Å². The minimum atomic E-state index is 0.324. The van der Waals surface area contributed by atoms with Gasteiger partial charge in [-0.3, -0.25) is 9.78 Å². The van der Waals surface area contributed by atoms with Crippen LogP contribution in [0.2, 0.25) is 0 Å². The first-order valence-electron chi connectivity index (χ1n) is 12.7. The fourth-order valence-corrected chi connectivity index (χ4v) is 7.41. The standard InChI is InChI=1S/C29H33N3OS2/c1-4-18(2)6-5-7-22(33)17-26-27(23-12-15-31-19(3)28(23)34-26)29-32-24-16-21(8-9-25(24)35-29)20-10-13-30-14-11-20/h8-11,13-14,16,18-19,31H,4-7,12,15,17H2,1-3H3/t18-,19+/m0/s1. The zero-order valence-electron chi connectivity index (χ0n) is 20.8. The number of hydrogen-bond acceptors (Lipinski definition) is 6. The number of carbonyl (C=O) groups is 1. The summed E-state index contributed by atoms with van der Waals surface area (Å²) >= 11 is 3.57. The lowest BCUT2D eigenvalue weighted by atomic mass is 9.96. The van der Waals surface area contributed by atoms with Crippen molar-refractivity contribution in [3.63, 3.8) is 0 Å². The first kappa shape index (κ1) is 24.3. The molecule has 1 aliphatic rings. The largest absolute Gasteiger partial charge is 0.309 e. The molecule has 0 bridgehead atoms. The van der Waals surface area contributed by atoms with Crippen LogP contribution in [-0.4, -0.2) is 22.3 Å². The molecule has 0 spiro atoms. The Kier molecular flexibility index (Phi) is 7.42. The lowest BCUT2D eigenvalue weighted by Crippen LogP contribution is -2.26. The van der Waals surface area contributed by atoms with Crippen LogP contribution in [0.5, 0.6) is 0 Å². The SMILES string of the molecule is CC[C@H](C)CCCC(=O)Cc1sc2c(c1-c1nc3cc(-c4ccncc4)ccc3s1)CCN[C@@H]2C. The molecule has 1 aromatic carbocycles. The monoisotopic (exact) mass is 503 g/mol. The zero-order chi connectivity index (χ0) is 24.4. The predicted molar refractivity (Wildman–Crippen MR) is 148 cm³/mol. The van der Waals surface area contributed by atoms with Crippen molar-refractivity contribution in [2.24, 2.45) is 5.92 Å². The number of thiophene rings is 1. The molecule has 4 heterocycles. The summed E-state index contributed by atoms with van der Waals surface area (Å²) in [5, 5.41) is 4.65. The summed E-state index contributed by atoms with van der Waals surface area (Å²) in [6, 6.07) is 10.9. The Balaban J connectivity index is 1.48. The van der Waals surface area contributed by atoms with Crippen molar-refractivity contribution in [2.45, 2.75) is 65.3 Å². The summed E-state index contributed by atoms with van der Waals surface area (Å²) in [6.07, 6.45) is 9.15. The number of thiazole rings is 1. The Morgan fingerprint density at radius 2 is 2.00 bits per heavy atom. The van der Waals surface area contributed by atoms with Gasteiger partial charge in [-0.05, 0) is 73.2 Å². The normalized spacial score (nSPS) is 16.4. The Hall–Kier alpha value is -2.41. The van der Waals surface area contributed by atoms with Crippen LogP contribution in [0.3, 0.4) is 0 Å². The molecule has 5 rings (SSSR count). The van der Waals surface area contributed by atoms with Crippen molar-refractivity contribution in [1.29, 1.82) is 0 Å². The van der Waals surface area contributed by atoms with E-state index in [9.17, 15) is 4.79 Å². The van der Waals surface area contributed by atoms with Gasteiger partial charge < -0.3 is 5.32 Å². The Bertz CT molecular complexity index is 1320. The van der Waals surface area contributed by atoms with Gasteiger partial charge >= 0.3 is 0 Å². The van der Waals surface area contributed by atoms with Gasteiger partial charge in [0.1, 0.15) is 10.8 Å². The van der Waals surface area contributed by atoms with Crippen LogP contribution in [0.1, 0.15) is 67.8 Å². The van der Waals surface area contributed by atoms with E-state index in [-0.39, 0.29) is 0 Å². The molecule has 0 saturated carbocycles. The van der Waals surface area contributed by atoms with Crippen molar-refractivity contribution in [3.05, 3.63) is 58.0 Å². The maximum atomic E-state index is 13.0. The number of pyridine rings is 1. The second-order valence-electron chi connectivity index (χ2n) is 9.73. The van der Waals surface area contributed by atoms with Crippen LogP contribution in [0.25, 0.3) is 31.9 Å². The van der Waals surface area contributed by atoms with Crippen LogP contribution in [0, 0.1) is 5.92 Å². The highest BCUT2D eigenvalue weighted by molar-refractivity contribution is 7.22.